The van der Waals surface area contributed by atoms with E-state index in [9.17, 15) is 5.11 Å². The van der Waals surface area contributed by atoms with Crippen LogP contribution in [0.1, 0.15) is 18.9 Å². The lowest BCUT2D eigenvalue weighted by Crippen LogP contribution is -2.42. The molecule has 1 saturated heterocycles. The van der Waals surface area contributed by atoms with Gasteiger partial charge in [0.1, 0.15) is 0 Å². The van der Waals surface area contributed by atoms with Crippen LogP contribution in [0.5, 0.6) is 0 Å². The minimum Gasteiger partial charge on any atom is -0.409 e. The van der Waals surface area contributed by atoms with Crippen LogP contribution in [-0.4, -0.2) is 35.3 Å². The lowest BCUT2D eigenvalue weighted by Gasteiger charge is -2.36. The van der Waals surface area contributed by atoms with Gasteiger partial charge in [-0.1, -0.05) is 23.7 Å². The summed E-state index contributed by atoms with van der Waals surface area (Å²) < 4.78 is 0. The fourth-order valence-electron chi connectivity index (χ4n) is 2.33. The van der Waals surface area contributed by atoms with Crippen molar-refractivity contribution in [2.24, 2.45) is 16.8 Å². The van der Waals surface area contributed by atoms with Gasteiger partial charge in [-0.25, -0.2) is 0 Å². The second-order valence-electron chi connectivity index (χ2n) is 4.93. The van der Waals surface area contributed by atoms with E-state index in [2.05, 4.69) is 10.1 Å². The molecule has 2 unspecified atom stereocenters. The molecule has 6 heteroatoms. The first-order valence-corrected chi connectivity index (χ1v) is 6.61. The number of piperidine rings is 1. The summed E-state index contributed by atoms with van der Waals surface area (Å²) in [5.41, 5.74) is 7.02. The molecule has 1 fully saturated rings. The van der Waals surface area contributed by atoms with Crippen molar-refractivity contribution in [3.8, 4) is 0 Å². The summed E-state index contributed by atoms with van der Waals surface area (Å²) >= 11 is 6.25. The summed E-state index contributed by atoms with van der Waals surface area (Å²) in [5, 5.41) is 21.9. The van der Waals surface area contributed by atoms with E-state index < -0.39 is 0 Å². The van der Waals surface area contributed by atoms with Gasteiger partial charge >= 0.3 is 0 Å². The fourth-order valence-corrected chi connectivity index (χ4v) is 2.63. The number of hydrogen-bond acceptors (Lipinski definition) is 4. The summed E-state index contributed by atoms with van der Waals surface area (Å²) in [6.45, 7) is 3.56. The predicted molar refractivity (Wildman–Crippen MR) is 76.0 cm³/mol. The van der Waals surface area contributed by atoms with Crippen molar-refractivity contribution in [1.82, 2.24) is 0 Å². The van der Waals surface area contributed by atoms with Gasteiger partial charge in [0, 0.05) is 18.7 Å². The van der Waals surface area contributed by atoms with Crippen LogP contribution in [-0.2, 0) is 0 Å². The van der Waals surface area contributed by atoms with E-state index in [1.165, 1.54) is 0 Å². The number of anilines is 1. The molecule has 0 saturated carbocycles. The van der Waals surface area contributed by atoms with Crippen molar-refractivity contribution in [2.45, 2.75) is 19.4 Å². The second-order valence-corrected chi connectivity index (χ2v) is 5.34. The van der Waals surface area contributed by atoms with Gasteiger partial charge in [0.05, 0.1) is 16.8 Å². The van der Waals surface area contributed by atoms with Crippen LogP contribution >= 0.6 is 11.6 Å². The molecule has 1 heterocycles. The Balaban J connectivity index is 2.22. The number of oxime groups is 1. The number of aliphatic hydroxyl groups excluding tert-OH is 1. The van der Waals surface area contributed by atoms with Crippen molar-refractivity contribution < 1.29 is 10.3 Å². The van der Waals surface area contributed by atoms with Crippen LogP contribution < -0.4 is 10.6 Å². The van der Waals surface area contributed by atoms with E-state index in [0.717, 1.165) is 25.2 Å². The zero-order chi connectivity index (χ0) is 14.0. The van der Waals surface area contributed by atoms with E-state index in [4.69, 9.17) is 22.5 Å². The van der Waals surface area contributed by atoms with E-state index in [0.29, 0.717) is 10.6 Å². The number of nitrogens with zero attached hydrogens (tertiary/aromatic N) is 2. The Hall–Kier alpha value is -1.46. The molecule has 4 N–H and O–H groups in total. The van der Waals surface area contributed by atoms with E-state index >= 15 is 0 Å². The van der Waals surface area contributed by atoms with Crippen molar-refractivity contribution in [3.63, 3.8) is 0 Å². The molecule has 5 nitrogen and oxygen atoms in total. The van der Waals surface area contributed by atoms with Crippen LogP contribution in [0.3, 0.4) is 0 Å². The van der Waals surface area contributed by atoms with E-state index in [1.54, 1.807) is 12.1 Å². The lowest BCUT2D eigenvalue weighted by molar-refractivity contribution is 0.0971. The largest absolute Gasteiger partial charge is 0.409 e. The number of amidine groups is 1. The average Bonchev–Trinajstić information content (AvgIpc) is 2.41. The van der Waals surface area contributed by atoms with Gasteiger partial charge in [-0.15, -0.1) is 0 Å². The van der Waals surface area contributed by atoms with Crippen LogP contribution in [0.2, 0.25) is 5.02 Å². The molecule has 1 aliphatic rings. The van der Waals surface area contributed by atoms with Crippen molar-refractivity contribution in [3.05, 3.63) is 28.8 Å². The zero-order valence-electron chi connectivity index (χ0n) is 10.8. The highest BCUT2D eigenvalue weighted by Crippen LogP contribution is 2.30. The third-order valence-corrected chi connectivity index (χ3v) is 3.85. The number of rotatable bonds is 2. The van der Waals surface area contributed by atoms with Crippen LogP contribution in [0.15, 0.2) is 23.4 Å². The van der Waals surface area contributed by atoms with Gasteiger partial charge in [0.15, 0.2) is 5.84 Å². The Morgan fingerprint density at radius 3 is 2.84 bits per heavy atom. The van der Waals surface area contributed by atoms with Gasteiger partial charge < -0.3 is 20.9 Å². The van der Waals surface area contributed by atoms with Crippen LogP contribution in [0, 0.1) is 5.92 Å². The minimum absolute atomic E-state index is 0.0379. The molecular weight excluding hydrogens is 266 g/mol. The van der Waals surface area contributed by atoms with Crippen molar-refractivity contribution in [1.29, 1.82) is 0 Å². The standard InChI is InChI=1S/C13H18ClN3O2/c1-8-7-17(5-4-12(8)18)11-3-2-9(6-10(11)14)13(15)16-19/h2-3,6,8,12,18-19H,4-5,7H2,1H3,(H2,15,16). The lowest BCUT2D eigenvalue weighted by atomic mass is 9.96. The van der Waals surface area contributed by atoms with Crippen molar-refractivity contribution >= 4 is 23.1 Å². The third-order valence-electron chi connectivity index (χ3n) is 3.55. The molecule has 1 aliphatic heterocycles. The molecule has 0 spiro atoms. The molecule has 0 amide bonds. The van der Waals surface area contributed by atoms with Gasteiger partial charge in [-0.3, -0.25) is 0 Å². The third kappa shape index (κ3) is 2.93. The molecule has 2 rings (SSSR count). The Kier molecular flexibility index (Phi) is 4.17. The quantitative estimate of drug-likeness (QED) is 0.333. The topological polar surface area (TPSA) is 82.1 Å². The molecule has 0 radical (unpaired) electrons. The second kappa shape index (κ2) is 5.67. The summed E-state index contributed by atoms with van der Waals surface area (Å²) in [5.74, 6) is 0.254. The maximum Gasteiger partial charge on any atom is 0.170 e. The van der Waals surface area contributed by atoms with E-state index in [-0.39, 0.29) is 17.9 Å². The van der Waals surface area contributed by atoms with Crippen molar-refractivity contribution in [2.75, 3.05) is 18.0 Å². The number of nitrogens with two attached hydrogens (primary N) is 1. The first-order valence-electron chi connectivity index (χ1n) is 6.23. The Morgan fingerprint density at radius 2 is 2.26 bits per heavy atom. The highest BCUT2D eigenvalue weighted by Gasteiger charge is 2.25. The Labute approximate surface area is 117 Å². The molecule has 0 aliphatic carbocycles. The number of halogens is 1. The highest BCUT2D eigenvalue weighted by atomic mass is 35.5. The Morgan fingerprint density at radius 1 is 1.53 bits per heavy atom. The monoisotopic (exact) mass is 283 g/mol. The molecule has 104 valence electrons. The SMILES string of the molecule is CC1CN(c2ccc(/C(N)=N/O)cc2Cl)CCC1O. The molecule has 1 aromatic rings. The van der Waals surface area contributed by atoms with Crippen LogP contribution in [0.4, 0.5) is 5.69 Å². The molecule has 2 atom stereocenters. The van der Waals surface area contributed by atoms with Gasteiger partial charge in [0.2, 0.25) is 0 Å². The average molecular weight is 284 g/mol. The Bertz CT molecular complexity index is 493. The first kappa shape index (κ1) is 14.0. The first-order chi connectivity index (χ1) is 9.02. The van der Waals surface area contributed by atoms with Gasteiger partial charge in [-0.2, -0.15) is 0 Å². The zero-order valence-corrected chi connectivity index (χ0v) is 11.5. The molecular formula is C13H18ClN3O2. The molecule has 0 bridgehead atoms. The maximum absolute atomic E-state index is 9.74. The predicted octanol–water partition coefficient (Wildman–Crippen LogP) is 1.64. The number of hydrogen-bond donors (Lipinski definition) is 3. The molecule has 19 heavy (non-hydrogen) atoms. The number of aliphatic hydroxyl groups is 1. The highest BCUT2D eigenvalue weighted by molar-refractivity contribution is 6.33. The summed E-state index contributed by atoms with van der Waals surface area (Å²) in [6, 6.07) is 5.31. The maximum atomic E-state index is 9.74. The summed E-state index contributed by atoms with van der Waals surface area (Å²) in [7, 11) is 0. The normalized spacial score (nSPS) is 24.6. The molecule has 0 aromatic heterocycles. The summed E-state index contributed by atoms with van der Waals surface area (Å²) in [6.07, 6.45) is 0.492. The smallest absolute Gasteiger partial charge is 0.170 e. The fraction of sp³-hybridized carbons (Fsp3) is 0.462. The van der Waals surface area contributed by atoms with E-state index in [1.807, 2.05) is 13.0 Å². The number of benzene rings is 1. The molecule has 1 aromatic carbocycles. The summed E-state index contributed by atoms with van der Waals surface area (Å²) in [4.78, 5) is 2.15. The minimum atomic E-state index is -0.244. The van der Waals surface area contributed by atoms with Gasteiger partial charge in [0.25, 0.3) is 0 Å². The van der Waals surface area contributed by atoms with Crippen LogP contribution in [0.25, 0.3) is 0 Å². The van der Waals surface area contributed by atoms with Gasteiger partial charge in [-0.05, 0) is 30.5 Å².